The lowest BCUT2D eigenvalue weighted by atomic mass is 9.83. The van der Waals surface area contributed by atoms with Crippen LogP contribution in [-0.2, 0) is 9.78 Å². The van der Waals surface area contributed by atoms with E-state index in [0.717, 1.165) is 32.1 Å². The van der Waals surface area contributed by atoms with Gasteiger partial charge in [-0.05, 0) is 69.6 Å². The third-order valence-electron chi connectivity index (χ3n) is 4.10. The van der Waals surface area contributed by atoms with Crippen molar-refractivity contribution in [3.8, 4) is 5.75 Å². The van der Waals surface area contributed by atoms with E-state index in [1.165, 1.54) is 5.56 Å². The molecule has 21 heavy (non-hydrogen) atoms. The molecule has 1 saturated carbocycles. The highest BCUT2D eigenvalue weighted by Crippen LogP contribution is 2.34. The topological polar surface area (TPSA) is 38.7 Å². The fraction of sp³-hybridized carbons (Fsp3) is 0.556. The molecule has 0 heterocycles. The molecular weight excluding hydrogens is 264 g/mol. The van der Waals surface area contributed by atoms with Gasteiger partial charge >= 0.3 is 0 Å². The monoisotopic (exact) mass is 290 g/mol. The van der Waals surface area contributed by atoms with Crippen molar-refractivity contribution in [2.45, 2.75) is 64.1 Å². The van der Waals surface area contributed by atoms with Gasteiger partial charge in [-0.3, -0.25) is 0 Å². The summed E-state index contributed by atoms with van der Waals surface area (Å²) in [6.07, 6.45) is 9.62. The fourth-order valence-corrected chi connectivity index (χ4v) is 2.78. The van der Waals surface area contributed by atoms with Gasteiger partial charge in [0.05, 0.1) is 12.2 Å². The first-order valence-electron chi connectivity index (χ1n) is 7.91. The summed E-state index contributed by atoms with van der Waals surface area (Å²) >= 11 is 0. The first kappa shape index (κ1) is 16.1. The Labute approximate surface area is 127 Å². The molecule has 0 amide bonds. The van der Waals surface area contributed by atoms with Crippen molar-refractivity contribution in [1.29, 1.82) is 0 Å². The van der Waals surface area contributed by atoms with Crippen molar-refractivity contribution in [1.82, 2.24) is 0 Å². The van der Waals surface area contributed by atoms with Crippen molar-refractivity contribution in [3.63, 3.8) is 0 Å². The van der Waals surface area contributed by atoms with Gasteiger partial charge in [0.25, 0.3) is 0 Å². The molecule has 1 aromatic rings. The molecule has 0 bridgehead atoms. The summed E-state index contributed by atoms with van der Waals surface area (Å²) in [5.74, 6) is 0.908. The Balaban J connectivity index is 1.72. The smallest absolute Gasteiger partial charge is 0.115 e. The van der Waals surface area contributed by atoms with Crippen LogP contribution in [0.25, 0.3) is 0 Å². The van der Waals surface area contributed by atoms with Crippen molar-refractivity contribution in [3.05, 3.63) is 42.0 Å². The van der Waals surface area contributed by atoms with Crippen molar-refractivity contribution < 1.29 is 14.9 Å². The Morgan fingerprint density at radius 1 is 1.19 bits per heavy atom. The molecule has 3 nitrogen and oxygen atoms in total. The summed E-state index contributed by atoms with van der Waals surface area (Å²) in [5.41, 5.74) is 1.31. The number of rotatable bonds is 6. The zero-order chi connectivity index (χ0) is 15.1. The van der Waals surface area contributed by atoms with Crippen molar-refractivity contribution in [2.24, 2.45) is 0 Å². The molecule has 0 aromatic heterocycles. The molecule has 1 fully saturated rings. The Hall–Kier alpha value is -1.32. The van der Waals surface area contributed by atoms with Gasteiger partial charge in [-0.1, -0.05) is 24.3 Å². The first-order chi connectivity index (χ1) is 10.2. The molecule has 1 aliphatic carbocycles. The summed E-state index contributed by atoms with van der Waals surface area (Å²) in [6.45, 7) is 4.04. The number of hydrogen-bond donors (Lipinski definition) is 1. The van der Waals surface area contributed by atoms with Gasteiger partial charge in [0.15, 0.2) is 0 Å². The van der Waals surface area contributed by atoms with E-state index in [1.807, 2.05) is 32.1 Å². The molecule has 1 aliphatic rings. The number of aromatic hydroxyl groups is 1. The van der Waals surface area contributed by atoms with E-state index in [0.29, 0.717) is 11.7 Å². The van der Waals surface area contributed by atoms with E-state index in [9.17, 15) is 5.11 Å². The molecule has 0 radical (unpaired) electrons. The van der Waals surface area contributed by atoms with Crippen LogP contribution in [0.3, 0.4) is 0 Å². The molecule has 2 rings (SSSR count). The highest BCUT2D eigenvalue weighted by Gasteiger charge is 2.24. The molecule has 0 spiro atoms. The first-order valence-corrected chi connectivity index (χ1v) is 7.91. The largest absolute Gasteiger partial charge is 0.508 e. The zero-order valence-corrected chi connectivity index (χ0v) is 13.0. The fourth-order valence-electron chi connectivity index (χ4n) is 2.78. The van der Waals surface area contributed by atoms with Gasteiger partial charge in [0, 0.05) is 0 Å². The summed E-state index contributed by atoms with van der Waals surface area (Å²) in [6, 6.07) is 7.58. The second kappa shape index (κ2) is 8.20. The molecule has 0 aliphatic heterocycles. The molecule has 1 aromatic carbocycles. The minimum atomic E-state index is 0.107. The van der Waals surface area contributed by atoms with Gasteiger partial charge in [-0.2, -0.15) is 0 Å². The Bertz CT molecular complexity index is 430. The standard InChI is InChI=1S/C18H26O3/c1-3-4-5-14(2)20-21-18-12-8-16(9-13-18)15-6-10-17(19)11-7-15/h3-4,6-7,10-11,14,16,18-19H,5,8-9,12-13H2,1-2H3/b4-3-. The zero-order valence-electron chi connectivity index (χ0n) is 13.0. The van der Waals surface area contributed by atoms with Gasteiger partial charge in [0.2, 0.25) is 0 Å². The molecule has 0 saturated heterocycles. The van der Waals surface area contributed by atoms with Gasteiger partial charge in [-0.15, -0.1) is 0 Å². The number of phenols is 1. The van der Waals surface area contributed by atoms with Gasteiger partial charge < -0.3 is 5.11 Å². The SMILES string of the molecule is C/C=C\CC(C)OOC1CCC(c2ccc(O)cc2)CC1. The van der Waals surface area contributed by atoms with Gasteiger partial charge in [-0.25, -0.2) is 9.78 Å². The molecule has 3 heteroatoms. The second-order valence-corrected chi connectivity index (χ2v) is 5.87. The van der Waals surface area contributed by atoms with Crippen molar-refractivity contribution >= 4 is 0 Å². The third kappa shape index (κ3) is 5.18. The maximum absolute atomic E-state index is 9.34. The quantitative estimate of drug-likeness (QED) is 0.468. The molecule has 116 valence electrons. The maximum Gasteiger partial charge on any atom is 0.115 e. The molecule has 1 unspecified atom stereocenters. The lowest BCUT2D eigenvalue weighted by molar-refractivity contribution is -0.351. The predicted molar refractivity (Wildman–Crippen MR) is 84.2 cm³/mol. The Morgan fingerprint density at radius 3 is 2.48 bits per heavy atom. The van der Waals surface area contributed by atoms with E-state index in [4.69, 9.17) is 9.78 Å². The van der Waals surface area contributed by atoms with Crippen LogP contribution >= 0.6 is 0 Å². The van der Waals surface area contributed by atoms with E-state index < -0.39 is 0 Å². The van der Waals surface area contributed by atoms with Crippen LogP contribution in [0.15, 0.2) is 36.4 Å². The van der Waals surface area contributed by atoms with Crippen LogP contribution < -0.4 is 0 Å². The summed E-state index contributed by atoms with van der Waals surface area (Å²) < 4.78 is 0. The van der Waals surface area contributed by atoms with Crippen LogP contribution in [0.1, 0.15) is 57.4 Å². The summed E-state index contributed by atoms with van der Waals surface area (Å²) in [5, 5.41) is 9.34. The minimum absolute atomic E-state index is 0.107. The van der Waals surface area contributed by atoms with Crippen molar-refractivity contribution in [2.75, 3.05) is 0 Å². The second-order valence-electron chi connectivity index (χ2n) is 5.87. The number of hydrogen-bond acceptors (Lipinski definition) is 3. The van der Waals surface area contributed by atoms with Crippen LogP contribution in [0.4, 0.5) is 0 Å². The molecule has 1 N–H and O–H groups in total. The van der Waals surface area contributed by atoms with Crippen LogP contribution in [0.2, 0.25) is 0 Å². The number of allylic oxidation sites excluding steroid dienone is 1. The average Bonchev–Trinajstić information content (AvgIpc) is 2.52. The highest BCUT2D eigenvalue weighted by molar-refractivity contribution is 5.28. The van der Waals surface area contributed by atoms with E-state index >= 15 is 0 Å². The average molecular weight is 290 g/mol. The third-order valence-corrected chi connectivity index (χ3v) is 4.10. The van der Waals surface area contributed by atoms with Crippen LogP contribution in [-0.4, -0.2) is 17.3 Å². The highest BCUT2D eigenvalue weighted by atomic mass is 17.2. The Morgan fingerprint density at radius 2 is 1.86 bits per heavy atom. The Kier molecular flexibility index (Phi) is 6.27. The molecular formula is C18H26O3. The van der Waals surface area contributed by atoms with Gasteiger partial charge in [0.1, 0.15) is 5.75 Å². The normalized spacial score (nSPS) is 24.3. The van der Waals surface area contributed by atoms with E-state index in [1.54, 1.807) is 12.1 Å². The summed E-state index contributed by atoms with van der Waals surface area (Å²) in [4.78, 5) is 11.0. The predicted octanol–water partition coefficient (Wildman–Crippen LogP) is 4.72. The van der Waals surface area contributed by atoms with E-state index in [2.05, 4.69) is 6.08 Å². The molecule has 1 atom stereocenters. The number of benzene rings is 1. The maximum atomic E-state index is 9.34. The minimum Gasteiger partial charge on any atom is -0.508 e. The summed E-state index contributed by atoms with van der Waals surface area (Å²) in [7, 11) is 0. The van der Waals surface area contributed by atoms with Crippen LogP contribution in [0.5, 0.6) is 5.75 Å². The van der Waals surface area contributed by atoms with Crippen LogP contribution in [0, 0.1) is 0 Å². The van der Waals surface area contributed by atoms with E-state index in [-0.39, 0.29) is 12.2 Å². The lowest BCUT2D eigenvalue weighted by Crippen LogP contribution is -2.23. The lowest BCUT2D eigenvalue weighted by Gasteiger charge is -2.28. The number of phenolic OH excluding ortho intramolecular Hbond substituents is 1.